The smallest absolute Gasteiger partial charge is 0.0582 e. The fraction of sp³-hybridized carbons (Fsp3) is 0.556. The van der Waals surface area contributed by atoms with Crippen LogP contribution in [-0.2, 0) is 0 Å². The zero-order valence-electron chi connectivity index (χ0n) is 13.2. The van der Waals surface area contributed by atoms with E-state index < -0.39 is 0 Å². The van der Waals surface area contributed by atoms with E-state index >= 15 is 0 Å². The van der Waals surface area contributed by atoms with Gasteiger partial charge in [-0.1, -0.05) is 43.9 Å². The molecule has 0 heterocycles. The lowest BCUT2D eigenvalue weighted by atomic mass is 10.1. The molecule has 0 aliphatic carbocycles. The summed E-state index contributed by atoms with van der Waals surface area (Å²) >= 11 is 0. The Kier molecular flexibility index (Phi) is 8.78. The van der Waals surface area contributed by atoms with Gasteiger partial charge in [-0.05, 0) is 51.5 Å². The van der Waals surface area contributed by atoms with Crippen molar-refractivity contribution < 1.29 is 0 Å². The van der Waals surface area contributed by atoms with Crippen LogP contribution >= 0.6 is 0 Å². The van der Waals surface area contributed by atoms with E-state index in [-0.39, 0.29) is 0 Å². The molecular weight excluding hydrogens is 244 g/mol. The second kappa shape index (κ2) is 10.5. The first-order valence-corrected chi connectivity index (χ1v) is 7.75. The summed E-state index contributed by atoms with van der Waals surface area (Å²) in [7, 11) is 0. The zero-order chi connectivity index (χ0) is 14.6. The Morgan fingerprint density at radius 1 is 1.15 bits per heavy atom. The molecule has 0 saturated carbocycles. The fourth-order valence-electron chi connectivity index (χ4n) is 2.16. The molecule has 0 aliphatic heterocycles. The van der Waals surface area contributed by atoms with Gasteiger partial charge in [-0.15, -0.1) is 0 Å². The van der Waals surface area contributed by atoms with Crippen LogP contribution in [0.1, 0.15) is 39.2 Å². The fourth-order valence-corrected chi connectivity index (χ4v) is 2.16. The lowest BCUT2D eigenvalue weighted by Gasteiger charge is -2.19. The molecule has 0 aromatic heterocycles. The average Bonchev–Trinajstić information content (AvgIpc) is 2.49. The number of hydrogen-bond donors (Lipinski definition) is 1. The Bertz CT molecular complexity index is 398. The average molecular weight is 272 g/mol. The van der Waals surface area contributed by atoms with E-state index in [0.717, 1.165) is 25.2 Å². The van der Waals surface area contributed by atoms with Gasteiger partial charge in [-0.2, -0.15) is 0 Å². The summed E-state index contributed by atoms with van der Waals surface area (Å²) < 4.78 is 0. The van der Waals surface area contributed by atoms with Crippen molar-refractivity contribution >= 4 is 0 Å². The molecule has 0 aliphatic rings. The Labute approximate surface area is 124 Å². The molecule has 0 saturated heterocycles. The first kappa shape index (κ1) is 16.8. The molecule has 1 rings (SSSR count). The molecule has 0 bridgehead atoms. The predicted octanol–water partition coefficient (Wildman–Crippen LogP) is 3.14. The minimum atomic E-state index is 0.538. The Hall–Kier alpha value is -1.30. The Morgan fingerprint density at radius 3 is 2.50 bits per heavy atom. The molecule has 110 valence electrons. The van der Waals surface area contributed by atoms with E-state index in [2.05, 4.69) is 42.8 Å². The standard InChI is InChI=1S/C18H28N2/c1-4-20(5-2)16-10-11-17(3)19-15-9-14-18-12-7-6-8-13-18/h6-8,12-13,17,19H,4-5,10-11,15-16H2,1-3H3. The van der Waals surface area contributed by atoms with Gasteiger partial charge in [0.1, 0.15) is 0 Å². The summed E-state index contributed by atoms with van der Waals surface area (Å²) in [6.07, 6.45) is 2.46. The highest BCUT2D eigenvalue weighted by atomic mass is 15.1. The van der Waals surface area contributed by atoms with Crippen molar-refractivity contribution in [2.24, 2.45) is 0 Å². The van der Waals surface area contributed by atoms with E-state index in [4.69, 9.17) is 0 Å². The first-order valence-electron chi connectivity index (χ1n) is 7.75. The molecular formula is C18H28N2. The molecule has 1 atom stereocenters. The third-order valence-corrected chi connectivity index (χ3v) is 3.55. The normalized spacial score (nSPS) is 12.0. The molecule has 1 aromatic rings. The van der Waals surface area contributed by atoms with Crippen molar-refractivity contribution in [3.63, 3.8) is 0 Å². The molecule has 0 fully saturated rings. The monoisotopic (exact) mass is 272 g/mol. The van der Waals surface area contributed by atoms with Crippen LogP contribution in [-0.4, -0.2) is 37.1 Å². The quantitative estimate of drug-likeness (QED) is 0.731. The summed E-state index contributed by atoms with van der Waals surface area (Å²) in [5.74, 6) is 6.35. The number of rotatable bonds is 8. The minimum absolute atomic E-state index is 0.538. The van der Waals surface area contributed by atoms with E-state index in [9.17, 15) is 0 Å². The van der Waals surface area contributed by atoms with Crippen molar-refractivity contribution in [2.75, 3.05) is 26.2 Å². The summed E-state index contributed by atoms with van der Waals surface area (Å²) in [4.78, 5) is 2.47. The van der Waals surface area contributed by atoms with Crippen molar-refractivity contribution in [2.45, 2.75) is 39.7 Å². The van der Waals surface area contributed by atoms with Gasteiger partial charge < -0.3 is 10.2 Å². The zero-order valence-corrected chi connectivity index (χ0v) is 13.2. The summed E-state index contributed by atoms with van der Waals surface area (Å²) in [5, 5.41) is 3.47. The van der Waals surface area contributed by atoms with E-state index in [1.165, 1.54) is 19.4 Å². The van der Waals surface area contributed by atoms with E-state index in [1.54, 1.807) is 0 Å². The second-order valence-electron chi connectivity index (χ2n) is 5.12. The SMILES string of the molecule is CCN(CC)CCCC(C)NCC#Cc1ccccc1. The first-order chi connectivity index (χ1) is 9.76. The molecule has 20 heavy (non-hydrogen) atoms. The van der Waals surface area contributed by atoms with Crippen LogP contribution in [0.25, 0.3) is 0 Å². The van der Waals surface area contributed by atoms with E-state index in [0.29, 0.717) is 6.04 Å². The summed E-state index contributed by atoms with van der Waals surface area (Å²) in [6.45, 7) is 11.0. The number of nitrogens with one attached hydrogen (secondary N) is 1. The van der Waals surface area contributed by atoms with Crippen molar-refractivity contribution in [3.8, 4) is 11.8 Å². The molecule has 0 radical (unpaired) electrons. The van der Waals surface area contributed by atoms with Gasteiger partial charge in [0.2, 0.25) is 0 Å². The van der Waals surface area contributed by atoms with Crippen LogP contribution in [0.2, 0.25) is 0 Å². The van der Waals surface area contributed by atoms with Crippen LogP contribution in [0.5, 0.6) is 0 Å². The van der Waals surface area contributed by atoms with Crippen LogP contribution in [0.15, 0.2) is 30.3 Å². The van der Waals surface area contributed by atoms with Gasteiger partial charge in [0, 0.05) is 11.6 Å². The third kappa shape index (κ3) is 7.33. The lowest BCUT2D eigenvalue weighted by Crippen LogP contribution is -2.29. The molecule has 1 unspecified atom stereocenters. The van der Waals surface area contributed by atoms with Gasteiger partial charge in [-0.3, -0.25) is 0 Å². The molecule has 1 aromatic carbocycles. The van der Waals surface area contributed by atoms with Crippen molar-refractivity contribution in [3.05, 3.63) is 35.9 Å². The molecule has 0 amide bonds. The summed E-state index contributed by atoms with van der Waals surface area (Å²) in [6, 6.07) is 10.7. The Balaban J connectivity index is 2.14. The molecule has 0 spiro atoms. The highest BCUT2D eigenvalue weighted by molar-refractivity contribution is 5.33. The highest BCUT2D eigenvalue weighted by Crippen LogP contribution is 1.99. The molecule has 1 N–H and O–H groups in total. The molecule has 2 nitrogen and oxygen atoms in total. The number of benzene rings is 1. The minimum Gasteiger partial charge on any atom is -0.304 e. The van der Waals surface area contributed by atoms with Gasteiger partial charge >= 0.3 is 0 Å². The number of hydrogen-bond acceptors (Lipinski definition) is 2. The largest absolute Gasteiger partial charge is 0.304 e. The highest BCUT2D eigenvalue weighted by Gasteiger charge is 2.02. The van der Waals surface area contributed by atoms with Crippen LogP contribution in [0, 0.1) is 11.8 Å². The Morgan fingerprint density at radius 2 is 1.85 bits per heavy atom. The van der Waals surface area contributed by atoms with Gasteiger partial charge in [0.25, 0.3) is 0 Å². The van der Waals surface area contributed by atoms with Crippen LogP contribution < -0.4 is 5.32 Å². The van der Waals surface area contributed by atoms with Gasteiger partial charge in [-0.25, -0.2) is 0 Å². The predicted molar refractivity (Wildman–Crippen MR) is 87.8 cm³/mol. The van der Waals surface area contributed by atoms with Gasteiger partial charge in [0.05, 0.1) is 6.54 Å². The maximum Gasteiger partial charge on any atom is 0.0582 e. The third-order valence-electron chi connectivity index (χ3n) is 3.55. The maximum absolute atomic E-state index is 3.47. The maximum atomic E-state index is 3.47. The van der Waals surface area contributed by atoms with Crippen LogP contribution in [0.3, 0.4) is 0 Å². The topological polar surface area (TPSA) is 15.3 Å². The summed E-state index contributed by atoms with van der Waals surface area (Å²) in [5.41, 5.74) is 1.09. The van der Waals surface area contributed by atoms with Crippen molar-refractivity contribution in [1.29, 1.82) is 0 Å². The van der Waals surface area contributed by atoms with Gasteiger partial charge in [0.15, 0.2) is 0 Å². The number of nitrogens with zero attached hydrogens (tertiary/aromatic N) is 1. The lowest BCUT2D eigenvalue weighted by molar-refractivity contribution is 0.291. The second-order valence-corrected chi connectivity index (χ2v) is 5.12. The van der Waals surface area contributed by atoms with E-state index in [1.807, 2.05) is 30.3 Å². The van der Waals surface area contributed by atoms with Crippen molar-refractivity contribution in [1.82, 2.24) is 10.2 Å². The van der Waals surface area contributed by atoms with Crippen LogP contribution in [0.4, 0.5) is 0 Å². The molecule has 2 heteroatoms.